The van der Waals surface area contributed by atoms with Gasteiger partial charge in [-0.2, -0.15) is 5.10 Å². The summed E-state index contributed by atoms with van der Waals surface area (Å²) in [5.41, 5.74) is 0.423. The maximum atomic E-state index is 12.4. The van der Waals surface area contributed by atoms with Gasteiger partial charge in [-0.3, -0.25) is 9.48 Å². The number of hydrogen-bond donors (Lipinski definition) is 1. The summed E-state index contributed by atoms with van der Waals surface area (Å²) in [6, 6.07) is 2.04. The topological polar surface area (TPSA) is 56.1 Å². The van der Waals surface area contributed by atoms with Gasteiger partial charge in [-0.05, 0) is 45.7 Å². The number of carbonyl (C=O) groups is 1. The molecule has 1 aromatic rings. The average molecular weight is 297 g/mol. The van der Waals surface area contributed by atoms with Crippen molar-refractivity contribution in [1.82, 2.24) is 15.1 Å². The van der Waals surface area contributed by atoms with E-state index < -0.39 is 5.54 Å². The van der Waals surface area contributed by atoms with Crippen LogP contribution in [0.4, 0.5) is 0 Å². The van der Waals surface area contributed by atoms with Crippen molar-refractivity contribution in [2.24, 2.45) is 13.0 Å². The Morgan fingerprint density at radius 1 is 1.65 bits per heavy atom. The van der Waals surface area contributed by atoms with Crippen molar-refractivity contribution >= 4 is 17.7 Å². The number of thioether (sulfide) groups is 1. The zero-order valence-corrected chi connectivity index (χ0v) is 13.4. The Morgan fingerprint density at radius 3 is 2.80 bits per heavy atom. The standard InChI is InChI=1S/C14H23N3O2S/c1-5-19-13(18)14(15-3,11-6-7-11)9-20-12-8-10(2)16-17(12)4/h8,11,15H,5-7,9H2,1-4H3. The van der Waals surface area contributed by atoms with Crippen LogP contribution in [-0.2, 0) is 16.6 Å². The van der Waals surface area contributed by atoms with E-state index in [4.69, 9.17) is 4.74 Å². The number of ether oxygens (including phenoxy) is 1. The molecule has 2 rings (SSSR count). The second-order valence-corrected chi connectivity index (χ2v) is 6.25. The number of nitrogens with one attached hydrogen (secondary N) is 1. The molecule has 1 N–H and O–H groups in total. The second kappa shape index (κ2) is 6.18. The third-order valence-corrected chi connectivity index (χ3v) is 5.04. The van der Waals surface area contributed by atoms with Crippen LogP contribution in [0.3, 0.4) is 0 Å². The molecule has 0 amide bonds. The smallest absolute Gasteiger partial charge is 0.327 e. The molecule has 20 heavy (non-hydrogen) atoms. The van der Waals surface area contributed by atoms with E-state index in [2.05, 4.69) is 10.4 Å². The van der Waals surface area contributed by atoms with E-state index in [1.54, 1.807) is 11.8 Å². The van der Waals surface area contributed by atoms with Gasteiger partial charge in [0.25, 0.3) is 0 Å². The molecule has 6 heteroatoms. The van der Waals surface area contributed by atoms with Gasteiger partial charge in [0, 0.05) is 12.8 Å². The van der Waals surface area contributed by atoms with E-state index in [-0.39, 0.29) is 5.97 Å². The van der Waals surface area contributed by atoms with Crippen molar-refractivity contribution in [3.8, 4) is 0 Å². The first kappa shape index (κ1) is 15.4. The zero-order chi connectivity index (χ0) is 14.8. The van der Waals surface area contributed by atoms with Crippen LogP contribution in [0.1, 0.15) is 25.5 Å². The minimum absolute atomic E-state index is 0.128. The first-order valence-electron chi connectivity index (χ1n) is 7.03. The summed E-state index contributed by atoms with van der Waals surface area (Å²) in [6.45, 7) is 4.24. The molecule has 1 atom stereocenters. The average Bonchev–Trinajstić information content (AvgIpc) is 3.19. The lowest BCUT2D eigenvalue weighted by Crippen LogP contribution is -2.55. The minimum Gasteiger partial charge on any atom is -0.465 e. The Hall–Kier alpha value is -1.01. The third-order valence-electron chi connectivity index (χ3n) is 3.77. The quantitative estimate of drug-likeness (QED) is 0.614. The van der Waals surface area contributed by atoms with Crippen molar-refractivity contribution in [2.75, 3.05) is 19.4 Å². The van der Waals surface area contributed by atoms with E-state index in [1.807, 2.05) is 38.7 Å². The van der Waals surface area contributed by atoms with Crippen LogP contribution in [0.5, 0.6) is 0 Å². The van der Waals surface area contributed by atoms with Gasteiger partial charge in [-0.15, -0.1) is 11.8 Å². The fourth-order valence-corrected chi connectivity index (χ4v) is 3.82. The first-order valence-corrected chi connectivity index (χ1v) is 8.01. The van der Waals surface area contributed by atoms with Gasteiger partial charge in [0.1, 0.15) is 5.54 Å². The molecule has 1 aliphatic rings. The first-order chi connectivity index (χ1) is 9.53. The maximum absolute atomic E-state index is 12.4. The summed E-state index contributed by atoms with van der Waals surface area (Å²) in [4.78, 5) is 12.4. The lowest BCUT2D eigenvalue weighted by Gasteiger charge is -2.30. The van der Waals surface area contributed by atoms with Crippen molar-refractivity contribution in [1.29, 1.82) is 0 Å². The van der Waals surface area contributed by atoms with Crippen molar-refractivity contribution in [3.05, 3.63) is 11.8 Å². The Labute approximate surface area is 124 Å². The lowest BCUT2D eigenvalue weighted by atomic mass is 9.96. The van der Waals surface area contributed by atoms with Crippen molar-refractivity contribution in [2.45, 2.75) is 37.3 Å². The Balaban J connectivity index is 2.12. The van der Waals surface area contributed by atoms with E-state index in [0.717, 1.165) is 23.6 Å². The molecule has 1 saturated carbocycles. The molecule has 1 aliphatic carbocycles. The molecular weight excluding hydrogens is 274 g/mol. The summed E-state index contributed by atoms with van der Waals surface area (Å²) in [5, 5.41) is 8.65. The van der Waals surface area contributed by atoms with E-state index in [1.165, 1.54) is 0 Å². The summed E-state index contributed by atoms with van der Waals surface area (Å²) in [7, 11) is 3.78. The van der Waals surface area contributed by atoms with Crippen LogP contribution < -0.4 is 5.32 Å². The molecule has 0 spiro atoms. The number of aromatic nitrogens is 2. The lowest BCUT2D eigenvalue weighted by molar-refractivity contribution is -0.150. The van der Waals surface area contributed by atoms with Gasteiger partial charge in [0.2, 0.25) is 0 Å². The summed E-state index contributed by atoms with van der Waals surface area (Å²) >= 11 is 1.66. The van der Waals surface area contributed by atoms with Crippen LogP contribution in [-0.4, -0.2) is 40.7 Å². The van der Waals surface area contributed by atoms with E-state index in [0.29, 0.717) is 18.3 Å². The van der Waals surface area contributed by atoms with Gasteiger partial charge >= 0.3 is 5.97 Å². The molecule has 1 heterocycles. The molecular formula is C14H23N3O2S. The number of nitrogens with zero attached hydrogens (tertiary/aromatic N) is 2. The summed E-state index contributed by atoms with van der Waals surface area (Å²) < 4.78 is 7.15. The molecule has 5 nitrogen and oxygen atoms in total. The highest BCUT2D eigenvalue weighted by Gasteiger charge is 2.51. The second-order valence-electron chi connectivity index (χ2n) is 5.25. The summed E-state index contributed by atoms with van der Waals surface area (Å²) in [5.74, 6) is 0.927. The fraction of sp³-hybridized carbons (Fsp3) is 0.714. The Bertz CT molecular complexity index is 485. The van der Waals surface area contributed by atoms with E-state index >= 15 is 0 Å². The highest BCUT2D eigenvalue weighted by molar-refractivity contribution is 7.99. The maximum Gasteiger partial charge on any atom is 0.327 e. The number of hydrogen-bond acceptors (Lipinski definition) is 5. The predicted molar refractivity (Wildman–Crippen MR) is 79.8 cm³/mol. The van der Waals surface area contributed by atoms with Crippen LogP contribution in [0.15, 0.2) is 11.1 Å². The molecule has 1 fully saturated rings. The Morgan fingerprint density at radius 2 is 2.35 bits per heavy atom. The van der Waals surface area contributed by atoms with Gasteiger partial charge < -0.3 is 10.1 Å². The highest BCUT2D eigenvalue weighted by atomic mass is 32.2. The van der Waals surface area contributed by atoms with Gasteiger partial charge in [-0.25, -0.2) is 0 Å². The Kier molecular flexibility index (Phi) is 4.75. The van der Waals surface area contributed by atoms with Crippen LogP contribution in [0, 0.1) is 12.8 Å². The molecule has 0 aromatic carbocycles. The molecule has 1 unspecified atom stereocenters. The summed E-state index contributed by atoms with van der Waals surface area (Å²) in [6.07, 6.45) is 2.18. The number of carbonyl (C=O) groups excluding carboxylic acids is 1. The number of likely N-dealkylation sites (N-methyl/N-ethyl adjacent to an activating group) is 1. The molecule has 112 valence electrons. The van der Waals surface area contributed by atoms with Gasteiger partial charge in [0.05, 0.1) is 17.3 Å². The molecule has 0 radical (unpaired) electrons. The normalized spacial score (nSPS) is 17.8. The van der Waals surface area contributed by atoms with E-state index in [9.17, 15) is 4.79 Å². The fourth-order valence-electron chi connectivity index (χ4n) is 2.47. The molecule has 1 aromatic heterocycles. The monoisotopic (exact) mass is 297 g/mol. The molecule has 0 saturated heterocycles. The minimum atomic E-state index is -0.571. The van der Waals surface area contributed by atoms with Crippen molar-refractivity contribution < 1.29 is 9.53 Å². The van der Waals surface area contributed by atoms with Crippen LogP contribution in [0.25, 0.3) is 0 Å². The molecule has 0 bridgehead atoms. The van der Waals surface area contributed by atoms with Gasteiger partial charge in [0.15, 0.2) is 0 Å². The van der Waals surface area contributed by atoms with Crippen molar-refractivity contribution in [3.63, 3.8) is 0 Å². The van der Waals surface area contributed by atoms with Crippen LogP contribution in [0.2, 0.25) is 0 Å². The third kappa shape index (κ3) is 3.01. The highest BCUT2D eigenvalue weighted by Crippen LogP contribution is 2.43. The van der Waals surface area contributed by atoms with Crippen LogP contribution >= 0.6 is 11.8 Å². The number of aryl methyl sites for hydroxylation is 2. The molecule has 0 aliphatic heterocycles. The van der Waals surface area contributed by atoms with Gasteiger partial charge in [-0.1, -0.05) is 0 Å². The zero-order valence-electron chi connectivity index (χ0n) is 12.6. The number of rotatable bonds is 7. The number of esters is 1. The SMILES string of the molecule is CCOC(=O)C(CSc1cc(C)nn1C)(NC)C1CC1. The predicted octanol–water partition coefficient (Wildman–Crippen LogP) is 1.75. The largest absolute Gasteiger partial charge is 0.465 e.